The number of thiocarbonyl (C=S) groups is 1. The lowest BCUT2D eigenvalue weighted by molar-refractivity contribution is 0.405. The number of nitrogens with two attached hydrogens (primary N) is 1. The summed E-state index contributed by atoms with van der Waals surface area (Å²) in [6.45, 7) is 5.25. The first-order chi connectivity index (χ1) is 9.79. The number of hydrogen-bond donors (Lipinski definition) is 1. The Morgan fingerprint density at radius 1 is 1.29 bits per heavy atom. The summed E-state index contributed by atoms with van der Waals surface area (Å²) in [5, 5.41) is 0.634. The summed E-state index contributed by atoms with van der Waals surface area (Å²) in [5.41, 5.74) is 6.43. The molecule has 0 bridgehead atoms. The van der Waals surface area contributed by atoms with E-state index < -0.39 is 10.0 Å². The molecular formula is C14H20N2O2S3. The lowest BCUT2D eigenvalue weighted by Crippen LogP contribution is -2.43. The fourth-order valence-corrected chi connectivity index (χ4v) is 5.75. The van der Waals surface area contributed by atoms with E-state index in [2.05, 4.69) is 13.8 Å². The Hall–Kier alpha value is -0.630. The van der Waals surface area contributed by atoms with Crippen LogP contribution in [-0.2, 0) is 16.4 Å². The highest BCUT2D eigenvalue weighted by atomic mass is 32.2. The minimum absolute atomic E-state index is 0.317. The van der Waals surface area contributed by atoms with Gasteiger partial charge in [0.15, 0.2) is 0 Å². The van der Waals surface area contributed by atoms with Crippen LogP contribution in [0.2, 0.25) is 0 Å². The van der Waals surface area contributed by atoms with Crippen molar-refractivity contribution >= 4 is 39.0 Å². The molecule has 2 N–H and O–H groups in total. The quantitative estimate of drug-likeness (QED) is 0.847. The Kier molecular flexibility index (Phi) is 5.29. The molecule has 0 saturated carbocycles. The molecule has 21 heavy (non-hydrogen) atoms. The van der Waals surface area contributed by atoms with Gasteiger partial charge in [0.2, 0.25) is 10.0 Å². The van der Waals surface area contributed by atoms with Crippen LogP contribution in [0.3, 0.4) is 0 Å². The molecule has 0 aromatic heterocycles. The average Bonchev–Trinajstić information content (AvgIpc) is 2.37. The highest BCUT2D eigenvalue weighted by Crippen LogP contribution is 2.28. The van der Waals surface area contributed by atoms with Crippen molar-refractivity contribution in [1.29, 1.82) is 0 Å². The molecule has 1 aliphatic rings. The highest BCUT2D eigenvalue weighted by Gasteiger charge is 2.31. The van der Waals surface area contributed by atoms with Crippen molar-refractivity contribution in [3.05, 3.63) is 29.8 Å². The number of hydrogen-bond acceptors (Lipinski definition) is 4. The number of nitrogens with zero attached hydrogens (tertiary/aromatic N) is 1. The molecule has 1 aromatic rings. The molecule has 116 valence electrons. The van der Waals surface area contributed by atoms with Crippen molar-refractivity contribution < 1.29 is 8.42 Å². The van der Waals surface area contributed by atoms with Crippen molar-refractivity contribution in [1.82, 2.24) is 4.31 Å². The maximum atomic E-state index is 12.7. The van der Waals surface area contributed by atoms with Gasteiger partial charge >= 0.3 is 0 Å². The van der Waals surface area contributed by atoms with Gasteiger partial charge in [-0.15, -0.1) is 0 Å². The smallest absolute Gasteiger partial charge is 0.243 e. The Morgan fingerprint density at radius 2 is 1.81 bits per heavy atom. The van der Waals surface area contributed by atoms with Crippen molar-refractivity contribution in [3.8, 4) is 0 Å². The van der Waals surface area contributed by atoms with Crippen molar-refractivity contribution in [3.63, 3.8) is 0 Å². The van der Waals surface area contributed by atoms with E-state index in [-0.39, 0.29) is 0 Å². The minimum Gasteiger partial charge on any atom is -0.393 e. The maximum absolute atomic E-state index is 12.7. The van der Waals surface area contributed by atoms with Crippen molar-refractivity contribution in [2.45, 2.75) is 35.7 Å². The summed E-state index contributed by atoms with van der Waals surface area (Å²) in [7, 11) is -3.42. The molecule has 2 unspecified atom stereocenters. The predicted octanol–water partition coefficient (Wildman–Crippen LogP) is 2.03. The van der Waals surface area contributed by atoms with Crippen molar-refractivity contribution in [2.24, 2.45) is 5.73 Å². The molecule has 1 heterocycles. The minimum atomic E-state index is -3.42. The molecule has 4 nitrogen and oxygen atoms in total. The zero-order valence-electron chi connectivity index (χ0n) is 12.2. The summed E-state index contributed by atoms with van der Waals surface area (Å²) in [6.07, 6.45) is 0.490. The van der Waals surface area contributed by atoms with Crippen LogP contribution in [0, 0.1) is 0 Å². The zero-order valence-corrected chi connectivity index (χ0v) is 14.6. The van der Waals surface area contributed by atoms with E-state index in [0.717, 1.165) is 5.56 Å². The summed E-state index contributed by atoms with van der Waals surface area (Å²) in [4.78, 5) is 0.738. The second-order valence-corrected chi connectivity index (χ2v) is 9.71. The van der Waals surface area contributed by atoms with Gasteiger partial charge in [0.25, 0.3) is 0 Å². The van der Waals surface area contributed by atoms with Crippen LogP contribution < -0.4 is 5.73 Å². The van der Waals surface area contributed by atoms with Crippen LogP contribution in [0.15, 0.2) is 29.2 Å². The maximum Gasteiger partial charge on any atom is 0.243 e. The van der Waals surface area contributed by atoms with E-state index in [1.165, 1.54) is 0 Å². The van der Waals surface area contributed by atoms with Crippen LogP contribution in [0.25, 0.3) is 0 Å². The Labute approximate surface area is 136 Å². The summed E-state index contributed by atoms with van der Waals surface area (Å²) < 4.78 is 26.9. The Balaban J connectivity index is 2.21. The van der Waals surface area contributed by atoms with Gasteiger partial charge in [-0.25, -0.2) is 8.42 Å². The number of sulfonamides is 1. The fourth-order valence-electron chi connectivity index (χ4n) is 2.46. The average molecular weight is 345 g/mol. The standard InChI is InChI=1S/C14H20N2O2S3/c1-10-8-16(9-11(2)20-10)21(17,18)13-5-3-12(4-6-13)7-14(15)19/h3-6,10-11H,7-9H2,1-2H3,(H2,15,19). The second-order valence-electron chi connectivity index (χ2n) is 5.37. The third-order valence-corrected chi connectivity index (χ3v) is 6.54. The molecule has 1 aliphatic heterocycles. The first-order valence-electron chi connectivity index (χ1n) is 6.82. The second kappa shape index (κ2) is 6.64. The zero-order chi connectivity index (χ0) is 15.6. The van der Waals surface area contributed by atoms with Gasteiger partial charge in [0.1, 0.15) is 0 Å². The van der Waals surface area contributed by atoms with Crippen LogP contribution >= 0.6 is 24.0 Å². The topological polar surface area (TPSA) is 63.4 Å². The summed E-state index contributed by atoms with van der Waals surface area (Å²) in [6, 6.07) is 6.83. The molecule has 0 amide bonds. The Bertz CT molecular complexity index is 604. The molecule has 0 spiro atoms. The van der Waals surface area contributed by atoms with Gasteiger partial charge in [-0.2, -0.15) is 16.1 Å². The first-order valence-corrected chi connectivity index (χ1v) is 9.61. The van der Waals surface area contributed by atoms with E-state index in [1.54, 1.807) is 28.6 Å². The predicted molar refractivity (Wildman–Crippen MR) is 92.2 cm³/mol. The van der Waals surface area contributed by atoms with Crippen LogP contribution in [0.4, 0.5) is 0 Å². The molecule has 2 atom stereocenters. The third kappa shape index (κ3) is 4.18. The van der Waals surface area contributed by atoms with Gasteiger partial charge in [0.05, 0.1) is 9.88 Å². The molecule has 1 aromatic carbocycles. The SMILES string of the molecule is CC1CN(S(=O)(=O)c2ccc(CC(N)=S)cc2)CC(C)S1. The largest absolute Gasteiger partial charge is 0.393 e. The fraction of sp³-hybridized carbons (Fsp3) is 0.500. The normalized spacial score (nSPS) is 23.9. The monoisotopic (exact) mass is 344 g/mol. The summed E-state index contributed by atoms with van der Waals surface area (Å²) >= 11 is 6.69. The number of thioether (sulfide) groups is 1. The lowest BCUT2D eigenvalue weighted by Gasteiger charge is -2.33. The van der Waals surface area contributed by atoms with Crippen LogP contribution in [0.5, 0.6) is 0 Å². The summed E-state index contributed by atoms with van der Waals surface area (Å²) in [5.74, 6) is 0. The van der Waals surface area contributed by atoms with Crippen LogP contribution in [0.1, 0.15) is 19.4 Å². The Morgan fingerprint density at radius 3 is 2.29 bits per heavy atom. The van der Waals surface area contributed by atoms with Gasteiger partial charge in [-0.05, 0) is 17.7 Å². The van der Waals surface area contributed by atoms with Gasteiger partial charge in [0, 0.05) is 30.0 Å². The lowest BCUT2D eigenvalue weighted by atomic mass is 10.1. The van der Waals surface area contributed by atoms with Crippen molar-refractivity contribution in [2.75, 3.05) is 13.1 Å². The van der Waals surface area contributed by atoms with Gasteiger partial charge in [-0.3, -0.25) is 0 Å². The molecule has 2 rings (SSSR count). The molecule has 0 radical (unpaired) electrons. The van der Waals surface area contributed by atoms with E-state index in [0.29, 0.717) is 39.9 Å². The third-order valence-electron chi connectivity index (χ3n) is 3.33. The number of benzene rings is 1. The highest BCUT2D eigenvalue weighted by molar-refractivity contribution is 8.00. The van der Waals surface area contributed by atoms with Gasteiger partial charge in [-0.1, -0.05) is 38.2 Å². The number of rotatable bonds is 4. The van der Waals surface area contributed by atoms with E-state index >= 15 is 0 Å². The molecule has 7 heteroatoms. The molecule has 0 aliphatic carbocycles. The molecule has 1 saturated heterocycles. The first kappa shape index (κ1) is 16.7. The van der Waals surface area contributed by atoms with Gasteiger partial charge < -0.3 is 5.73 Å². The van der Waals surface area contributed by atoms with Crippen LogP contribution in [-0.4, -0.2) is 41.3 Å². The van der Waals surface area contributed by atoms with E-state index in [4.69, 9.17) is 18.0 Å². The molecule has 1 fully saturated rings. The molecular weight excluding hydrogens is 324 g/mol. The van der Waals surface area contributed by atoms with E-state index in [1.807, 2.05) is 11.8 Å². The van der Waals surface area contributed by atoms with E-state index in [9.17, 15) is 8.42 Å².